The van der Waals surface area contributed by atoms with Gasteiger partial charge in [-0.2, -0.15) is 0 Å². The van der Waals surface area contributed by atoms with Crippen LogP contribution in [0.2, 0.25) is 0 Å². The average Bonchev–Trinajstić information content (AvgIpc) is 2.04. The van der Waals surface area contributed by atoms with E-state index in [-0.39, 0.29) is 12.3 Å². The van der Waals surface area contributed by atoms with Crippen molar-refractivity contribution >= 4 is 17.9 Å². The molecular weight excluding hydrogens is 236 g/mol. The molecule has 0 aromatic heterocycles. The van der Waals surface area contributed by atoms with E-state index in [4.69, 9.17) is 20.4 Å². The monoisotopic (exact) mass is 254 g/mol. The van der Waals surface area contributed by atoms with Gasteiger partial charge in [0.15, 0.2) is 5.60 Å². The highest BCUT2D eigenvalue weighted by atomic mass is 16.4. The van der Waals surface area contributed by atoms with Crippen molar-refractivity contribution in [1.82, 2.24) is 12.3 Å². The molecule has 0 bridgehead atoms. The second kappa shape index (κ2) is 10.5. The molecule has 0 aliphatic rings. The number of aliphatic hydroxyl groups is 1. The smallest absolute Gasteiger partial charge is 0.336 e. The molecule has 0 unspecified atom stereocenters. The molecule has 0 spiro atoms. The lowest BCUT2D eigenvalue weighted by Gasteiger charge is -2.18. The van der Waals surface area contributed by atoms with Gasteiger partial charge in [0.1, 0.15) is 0 Å². The molecule has 102 valence electrons. The van der Waals surface area contributed by atoms with Gasteiger partial charge in [0.25, 0.3) is 0 Å². The van der Waals surface area contributed by atoms with Gasteiger partial charge < -0.3 is 32.7 Å². The predicted molar refractivity (Wildman–Crippen MR) is 58.4 cm³/mol. The lowest BCUT2D eigenvalue weighted by Crippen LogP contribution is -2.42. The van der Waals surface area contributed by atoms with E-state index >= 15 is 0 Å². The van der Waals surface area contributed by atoms with Crippen LogP contribution in [0.5, 0.6) is 0 Å². The fraction of sp³-hybridized carbons (Fsp3) is 0.375. The summed E-state index contributed by atoms with van der Waals surface area (Å²) in [5, 5.41) is 33.8. The number of carboxylic acid groups (broad SMARTS) is 3. The van der Waals surface area contributed by atoms with Crippen LogP contribution in [0.4, 0.5) is 0 Å². The van der Waals surface area contributed by atoms with Crippen LogP contribution in [0.1, 0.15) is 12.8 Å². The zero-order valence-corrected chi connectivity index (χ0v) is 9.26. The zero-order valence-electron chi connectivity index (χ0n) is 9.26. The van der Waals surface area contributed by atoms with Crippen molar-refractivity contribution in [2.24, 2.45) is 0 Å². The molecule has 0 rings (SSSR count). The van der Waals surface area contributed by atoms with E-state index in [1.54, 1.807) is 0 Å². The minimum atomic E-state index is -2.74. The van der Waals surface area contributed by atoms with Gasteiger partial charge >= 0.3 is 17.9 Å². The molecule has 0 amide bonds. The molecule has 0 heterocycles. The van der Waals surface area contributed by atoms with E-state index in [1.807, 2.05) is 0 Å². The summed E-state index contributed by atoms with van der Waals surface area (Å²) in [4.78, 5) is 30.5. The third-order valence-corrected chi connectivity index (χ3v) is 1.29. The standard InChI is InChI=1S/C6H8O7.C2H4.2H3N/c7-3(8)1-6(13,5(11)12)2-4(9)10;1-2;;/h13H,1-2H2,(H,7,8)(H,9,10)(H,11,12);1-2H2;2*1H3. The second-order valence-corrected chi connectivity index (χ2v) is 2.48. The number of rotatable bonds is 5. The Balaban J connectivity index is -0.000000199. The van der Waals surface area contributed by atoms with Crippen LogP contribution in [-0.2, 0) is 14.4 Å². The largest absolute Gasteiger partial charge is 0.481 e. The summed E-state index contributed by atoms with van der Waals surface area (Å²) in [7, 11) is 0. The predicted octanol–water partition coefficient (Wildman–Crippen LogP) is -0.122. The molecule has 17 heavy (non-hydrogen) atoms. The fourth-order valence-corrected chi connectivity index (χ4v) is 0.714. The minimum absolute atomic E-state index is 0. The summed E-state index contributed by atoms with van der Waals surface area (Å²) in [6.07, 6.45) is -2.29. The van der Waals surface area contributed by atoms with E-state index in [9.17, 15) is 14.4 Å². The van der Waals surface area contributed by atoms with Gasteiger partial charge in [0.05, 0.1) is 12.8 Å². The highest BCUT2D eigenvalue weighted by molar-refractivity contribution is 5.88. The van der Waals surface area contributed by atoms with Gasteiger partial charge in [-0.1, -0.05) is 0 Å². The number of carbonyl (C=O) groups is 3. The van der Waals surface area contributed by atoms with Gasteiger partial charge in [0, 0.05) is 0 Å². The Hall–Kier alpha value is -1.97. The van der Waals surface area contributed by atoms with Gasteiger partial charge in [-0.15, -0.1) is 13.2 Å². The lowest BCUT2D eigenvalue weighted by atomic mass is 9.96. The number of aliphatic carboxylic acids is 3. The Kier molecular flexibility index (Phi) is 15.1. The van der Waals surface area contributed by atoms with Crippen molar-refractivity contribution in [2.45, 2.75) is 18.4 Å². The summed E-state index contributed by atoms with van der Waals surface area (Å²) in [5.41, 5.74) is -2.74. The maximum absolute atomic E-state index is 10.3. The van der Waals surface area contributed by atoms with Gasteiger partial charge in [-0.05, 0) is 0 Å². The van der Waals surface area contributed by atoms with Crippen molar-refractivity contribution in [3.8, 4) is 0 Å². The van der Waals surface area contributed by atoms with E-state index < -0.39 is 36.4 Å². The Labute approximate surface area is 97.5 Å². The molecule has 0 aromatic carbocycles. The summed E-state index contributed by atoms with van der Waals surface area (Å²) in [5.74, 6) is -5.02. The van der Waals surface area contributed by atoms with E-state index in [0.717, 1.165) is 0 Å². The summed E-state index contributed by atoms with van der Waals surface area (Å²) in [6, 6.07) is 0. The first kappa shape index (κ1) is 24.3. The minimum Gasteiger partial charge on any atom is -0.481 e. The molecule has 10 N–H and O–H groups in total. The number of hydrogen-bond acceptors (Lipinski definition) is 6. The van der Waals surface area contributed by atoms with Gasteiger partial charge in [-0.25, -0.2) is 4.79 Å². The Morgan fingerprint density at radius 1 is 0.882 bits per heavy atom. The molecule has 9 nitrogen and oxygen atoms in total. The Morgan fingerprint density at radius 2 is 1.12 bits per heavy atom. The topological polar surface area (TPSA) is 202 Å². The first-order valence-electron chi connectivity index (χ1n) is 3.67. The van der Waals surface area contributed by atoms with Crippen molar-refractivity contribution in [2.75, 3.05) is 0 Å². The van der Waals surface area contributed by atoms with Crippen molar-refractivity contribution in [3.05, 3.63) is 13.2 Å². The summed E-state index contributed by atoms with van der Waals surface area (Å²) in [6.45, 7) is 6.00. The number of carboxylic acids is 3. The summed E-state index contributed by atoms with van der Waals surface area (Å²) < 4.78 is 0. The molecule has 0 atom stereocenters. The second-order valence-electron chi connectivity index (χ2n) is 2.48. The van der Waals surface area contributed by atoms with E-state index in [0.29, 0.717) is 0 Å². The Morgan fingerprint density at radius 3 is 1.24 bits per heavy atom. The molecule has 0 fully saturated rings. The van der Waals surface area contributed by atoms with Crippen molar-refractivity contribution < 1.29 is 34.8 Å². The van der Waals surface area contributed by atoms with Crippen LogP contribution in [0, 0.1) is 0 Å². The first-order valence-corrected chi connectivity index (χ1v) is 3.67. The highest BCUT2D eigenvalue weighted by Crippen LogP contribution is 2.15. The Bertz CT molecular complexity index is 251. The first-order chi connectivity index (χ1) is 6.78. The average molecular weight is 254 g/mol. The van der Waals surface area contributed by atoms with Gasteiger partial charge in [0.2, 0.25) is 0 Å². The summed E-state index contributed by atoms with van der Waals surface area (Å²) >= 11 is 0. The quantitative estimate of drug-likeness (QED) is 0.361. The van der Waals surface area contributed by atoms with Crippen LogP contribution in [0.15, 0.2) is 13.2 Å². The SMILES string of the molecule is C=C.N.N.O=C(O)CC(O)(CC(=O)O)C(=O)O. The molecular formula is C8H18N2O7. The molecule has 0 aliphatic carbocycles. The van der Waals surface area contributed by atoms with Crippen LogP contribution in [0.3, 0.4) is 0 Å². The number of hydrogen-bond donors (Lipinski definition) is 6. The molecule has 9 heteroatoms. The third kappa shape index (κ3) is 10.3. The third-order valence-electron chi connectivity index (χ3n) is 1.29. The molecule has 0 radical (unpaired) electrons. The van der Waals surface area contributed by atoms with Crippen LogP contribution in [-0.4, -0.2) is 43.9 Å². The van der Waals surface area contributed by atoms with Crippen LogP contribution >= 0.6 is 0 Å². The fourth-order valence-electron chi connectivity index (χ4n) is 0.714. The maximum atomic E-state index is 10.3. The highest BCUT2D eigenvalue weighted by Gasteiger charge is 2.40. The molecule has 0 saturated carbocycles. The van der Waals surface area contributed by atoms with Crippen molar-refractivity contribution in [1.29, 1.82) is 0 Å². The van der Waals surface area contributed by atoms with E-state index in [2.05, 4.69) is 13.2 Å². The maximum Gasteiger partial charge on any atom is 0.336 e. The van der Waals surface area contributed by atoms with Crippen LogP contribution in [0.25, 0.3) is 0 Å². The molecule has 0 aliphatic heterocycles. The van der Waals surface area contributed by atoms with E-state index in [1.165, 1.54) is 0 Å². The normalized spacial score (nSPS) is 8.53. The lowest BCUT2D eigenvalue weighted by molar-refractivity contribution is -0.170. The molecule has 0 saturated heterocycles. The van der Waals surface area contributed by atoms with Crippen LogP contribution < -0.4 is 12.3 Å². The van der Waals surface area contributed by atoms with Crippen molar-refractivity contribution in [3.63, 3.8) is 0 Å². The van der Waals surface area contributed by atoms with Gasteiger partial charge in [-0.3, -0.25) is 9.59 Å². The zero-order chi connectivity index (χ0) is 12.6. The molecule has 0 aromatic rings.